The molecule has 74 valence electrons. The van der Waals surface area contributed by atoms with Gasteiger partial charge in [-0.1, -0.05) is 12.1 Å². The summed E-state index contributed by atoms with van der Waals surface area (Å²) in [6, 6.07) is 5.31. The van der Waals surface area contributed by atoms with E-state index in [1.165, 1.54) is 0 Å². The van der Waals surface area contributed by atoms with Crippen molar-refractivity contribution >= 4 is 5.78 Å². The summed E-state index contributed by atoms with van der Waals surface area (Å²) >= 11 is 0. The van der Waals surface area contributed by atoms with Gasteiger partial charge in [-0.2, -0.15) is 0 Å². The molecule has 3 heteroatoms. The van der Waals surface area contributed by atoms with Crippen molar-refractivity contribution in [1.29, 1.82) is 0 Å². The topological polar surface area (TPSA) is 52.3 Å². The Balaban J connectivity index is 2.50. The molecule has 0 spiro atoms. The van der Waals surface area contributed by atoms with E-state index in [9.17, 15) is 4.79 Å². The zero-order valence-corrected chi connectivity index (χ0v) is 8.12. The summed E-state index contributed by atoms with van der Waals surface area (Å²) in [5.74, 6) is 0.873. The van der Waals surface area contributed by atoms with Crippen LogP contribution in [0.15, 0.2) is 18.2 Å². The highest BCUT2D eigenvalue weighted by Crippen LogP contribution is 2.36. The van der Waals surface area contributed by atoms with Crippen LogP contribution in [-0.4, -0.2) is 12.4 Å². The summed E-state index contributed by atoms with van der Waals surface area (Å²) in [4.78, 5) is 11.5. The van der Waals surface area contributed by atoms with Gasteiger partial charge in [-0.15, -0.1) is 0 Å². The second kappa shape index (κ2) is 3.42. The van der Waals surface area contributed by atoms with Crippen molar-refractivity contribution in [3.63, 3.8) is 0 Å². The number of nitrogens with two attached hydrogens (primary N) is 1. The van der Waals surface area contributed by atoms with E-state index in [0.717, 1.165) is 16.9 Å². The van der Waals surface area contributed by atoms with Gasteiger partial charge >= 0.3 is 0 Å². The van der Waals surface area contributed by atoms with Crippen LogP contribution in [0.25, 0.3) is 0 Å². The number of carbonyl (C=O) groups excluding carboxylic acids is 1. The molecule has 0 amide bonds. The molecule has 2 rings (SSSR count). The first-order chi connectivity index (χ1) is 6.74. The molecule has 0 saturated heterocycles. The van der Waals surface area contributed by atoms with Gasteiger partial charge in [0.05, 0.1) is 6.61 Å². The predicted octanol–water partition coefficient (Wildman–Crippen LogP) is 1.67. The summed E-state index contributed by atoms with van der Waals surface area (Å²) in [5, 5.41) is 0. The molecule has 0 bridgehead atoms. The van der Waals surface area contributed by atoms with Gasteiger partial charge in [-0.3, -0.25) is 4.79 Å². The third kappa shape index (κ3) is 1.30. The Morgan fingerprint density at radius 2 is 2.36 bits per heavy atom. The Morgan fingerprint density at radius 3 is 3.07 bits per heavy atom. The zero-order valence-electron chi connectivity index (χ0n) is 8.12. The Bertz CT molecular complexity index is 374. The number of carbonyl (C=O) groups is 1. The van der Waals surface area contributed by atoms with Crippen LogP contribution in [0.4, 0.5) is 0 Å². The van der Waals surface area contributed by atoms with Gasteiger partial charge in [-0.25, -0.2) is 0 Å². The predicted molar refractivity (Wildman–Crippen MR) is 53.5 cm³/mol. The number of Topliss-reactive ketones (excluding diaryl/α,β-unsaturated/α-hetero) is 1. The molecule has 1 aliphatic rings. The smallest absolute Gasteiger partial charge is 0.165 e. The van der Waals surface area contributed by atoms with Crippen LogP contribution in [0.3, 0.4) is 0 Å². The molecule has 1 aliphatic carbocycles. The maximum absolute atomic E-state index is 11.5. The van der Waals surface area contributed by atoms with Crippen molar-refractivity contribution < 1.29 is 9.53 Å². The first-order valence-electron chi connectivity index (χ1n) is 4.78. The molecule has 1 atom stereocenters. The fraction of sp³-hybridized carbons (Fsp3) is 0.364. The van der Waals surface area contributed by atoms with Crippen molar-refractivity contribution in [2.45, 2.75) is 19.4 Å². The lowest BCUT2D eigenvalue weighted by Gasteiger charge is -2.11. The third-order valence-corrected chi connectivity index (χ3v) is 2.44. The Hall–Kier alpha value is -1.35. The van der Waals surface area contributed by atoms with E-state index in [2.05, 4.69) is 0 Å². The van der Waals surface area contributed by atoms with Crippen LogP contribution in [-0.2, 0) is 0 Å². The minimum absolute atomic E-state index is 0.119. The van der Waals surface area contributed by atoms with E-state index < -0.39 is 0 Å². The van der Waals surface area contributed by atoms with Crippen molar-refractivity contribution in [1.82, 2.24) is 0 Å². The van der Waals surface area contributed by atoms with E-state index in [4.69, 9.17) is 10.5 Å². The van der Waals surface area contributed by atoms with E-state index in [0.29, 0.717) is 13.0 Å². The van der Waals surface area contributed by atoms with Gasteiger partial charge < -0.3 is 10.5 Å². The number of hydrogen-bond donors (Lipinski definition) is 1. The Morgan fingerprint density at radius 1 is 1.57 bits per heavy atom. The van der Waals surface area contributed by atoms with Crippen LogP contribution in [0.1, 0.15) is 35.3 Å². The molecule has 0 unspecified atom stereocenters. The Labute approximate surface area is 82.9 Å². The number of rotatable bonds is 2. The molecule has 0 aliphatic heterocycles. The van der Waals surface area contributed by atoms with Crippen LogP contribution >= 0.6 is 0 Å². The van der Waals surface area contributed by atoms with Gasteiger partial charge in [0.2, 0.25) is 0 Å². The van der Waals surface area contributed by atoms with Crippen molar-refractivity contribution in [2.75, 3.05) is 6.61 Å². The third-order valence-electron chi connectivity index (χ3n) is 2.44. The SMILES string of the molecule is CCOc1cccc2c1[C@H](N)CC2=O. The van der Waals surface area contributed by atoms with Gasteiger partial charge in [0, 0.05) is 23.6 Å². The monoisotopic (exact) mass is 191 g/mol. The van der Waals surface area contributed by atoms with Gasteiger partial charge in [0.1, 0.15) is 5.75 Å². The molecule has 14 heavy (non-hydrogen) atoms. The maximum atomic E-state index is 11.5. The van der Waals surface area contributed by atoms with E-state index >= 15 is 0 Å². The van der Waals surface area contributed by atoms with Crippen molar-refractivity contribution in [2.24, 2.45) is 5.73 Å². The maximum Gasteiger partial charge on any atom is 0.165 e. The van der Waals surface area contributed by atoms with Gasteiger partial charge in [0.15, 0.2) is 5.78 Å². The number of ether oxygens (including phenoxy) is 1. The molecule has 0 fully saturated rings. The molecule has 1 aromatic rings. The zero-order chi connectivity index (χ0) is 10.1. The minimum Gasteiger partial charge on any atom is -0.494 e. The van der Waals surface area contributed by atoms with Crippen LogP contribution in [0.2, 0.25) is 0 Å². The molecule has 3 nitrogen and oxygen atoms in total. The van der Waals surface area contributed by atoms with E-state index in [-0.39, 0.29) is 11.8 Å². The highest BCUT2D eigenvalue weighted by Gasteiger charge is 2.29. The van der Waals surface area contributed by atoms with E-state index in [1.54, 1.807) is 0 Å². The molecule has 0 radical (unpaired) electrons. The number of fused-ring (bicyclic) bond motifs is 1. The first kappa shape index (κ1) is 9.21. The average molecular weight is 191 g/mol. The molecule has 2 N–H and O–H groups in total. The number of hydrogen-bond acceptors (Lipinski definition) is 3. The van der Waals surface area contributed by atoms with Crippen LogP contribution < -0.4 is 10.5 Å². The highest BCUT2D eigenvalue weighted by molar-refractivity contribution is 6.01. The number of benzene rings is 1. The molecular formula is C11H13NO2. The molecular weight excluding hydrogens is 178 g/mol. The second-order valence-electron chi connectivity index (χ2n) is 3.38. The quantitative estimate of drug-likeness (QED) is 0.773. The molecule has 1 aromatic carbocycles. The fourth-order valence-corrected chi connectivity index (χ4v) is 1.86. The lowest BCUT2D eigenvalue weighted by molar-refractivity contribution is 0.0989. The summed E-state index contributed by atoms with van der Waals surface area (Å²) in [6.45, 7) is 2.51. The summed E-state index contributed by atoms with van der Waals surface area (Å²) in [6.07, 6.45) is 0.402. The largest absolute Gasteiger partial charge is 0.494 e. The molecule has 0 saturated carbocycles. The van der Waals surface area contributed by atoms with E-state index in [1.807, 2.05) is 25.1 Å². The van der Waals surface area contributed by atoms with Gasteiger partial charge in [0.25, 0.3) is 0 Å². The van der Waals surface area contributed by atoms with Crippen molar-refractivity contribution in [3.05, 3.63) is 29.3 Å². The first-order valence-corrected chi connectivity index (χ1v) is 4.78. The summed E-state index contributed by atoms with van der Waals surface area (Å²) in [5.41, 5.74) is 7.47. The minimum atomic E-state index is -0.194. The van der Waals surface area contributed by atoms with Crippen LogP contribution in [0.5, 0.6) is 5.75 Å². The lowest BCUT2D eigenvalue weighted by atomic mass is 10.1. The fourth-order valence-electron chi connectivity index (χ4n) is 1.86. The molecule has 0 heterocycles. The normalized spacial score (nSPS) is 19.6. The second-order valence-corrected chi connectivity index (χ2v) is 3.38. The number of ketones is 1. The van der Waals surface area contributed by atoms with Crippen LogP contribution in [0, 0.1) is 0 Å². The van der Waals surface area contributed by atoms with Gasteiger partial charge in [-0.05, 0) is 13.0 Å². The standard InChI is InChI=1S/C11H13NO2/c1-2-14-10-5-3-4-7-9(13)6-8(12)11(7)10/h3-5,8H,2,6,12H2,1H3/t8-/m1/s1. The lowest BCUT2D eigenvalue weighted by Crippen LogP contribution is -2.08. The average Bonchev–Trinajstić information content (AvgIpc) is 2.44. The highest BCUT2D eigenvalue weighted by atomic mass is 16.5. The summed E-state index contributed by atoms with van der Waals surface area (Å²) < 4.78 is 5.44. The Kier molecular flexibility index (Phi) is 2.25. The summed E-state index contributed by atoms with van der Waals surface area (Å²) in [7, 11) is 0. The van der Waals surface area contributed by atoms with Crippen molar-refractivity contribution in [3.8, 4) is 5.75 Å². The molecule has 0 aromatic heterocycles.